The fraction of sp³-hybridized carbons (Fsp3) is 0.438. The Bertz CT molecular complexity index is 677. The predicted molar refractivity (Wildman–Crippen MR) is 80.7 cm³/mol. The standard InChI is InChI=1S/C16H20F3N3O/c1-11-12(9-21-22(11)3)8-20-10-15(2,23)13-5-4-6-14(7-13)16(17,18)19/h4-7,9,20,23H,8,10H2,1-3H3. The topological polar surface area (TPSA) is 50.1 Å². The van der Waals surface area contributed by atoms with Crippen molar-refractivity contribution in [1.29, 1.82) is 0 Å². The molecule has 23 heavy (non-hydrogen) atoms. The summed E-state index contributed by atoms with van der Waals surface area (Å²) in [5, 5.41) is 17.7. The van der Waals surface area contributed by atoms with Crippen molar-refractivity contribution in [2.75, 3.05) is 6.54 Å². The summed E-state index contributed by atoms with van der Waals surface area (Å²) in [7, 11) is 1.83. The number of nitrogens with zero attached hydrogens (tertiary/aromatic N) is 2. The molecule has 0 aliphatic heterocycles. The molecule has 1 heterocycles. The monoisotopic (exact) mass is 327 g/mol. The van der Waals surface area contributed by atoms with Gasteiger partial charge in [-0.25, -0.2) is 0 Å². The second-order valence-electron chi connectivity index (χ2n) is 5.83. The highest BCUT2D eigenvalue weighted by Crippen LogP contribution is 2.32. The van der Waals surface area contributed by atoms with E-state index < -0.39 is 17.3 Å². The van der Waals surface area contributed by atoms with Crippen LogP contribution in [0.2, 0.25) is 0 Å². The molecule has 7 heteroatoms. The van der Waals surface area contributed by atoms with Gasteiger partial charge in [-0.3, -0.25) is 4.68 Å². The number of nitrogens with one attached hydrogen (secondary N) is 1. The van der Waals surface area contributed by atoms with Gasteiger partial charge in [-0.05, 0) is 31.5 Å². The minimum absolute atomic E-state index is 0.128. The average Bonchev–Trinajstić information content (AvgIpc) is 2.78. The van der Waals surface area contributed by atoms with Gasteiger partial charge in [0.1, 0.15) is 0 Å². The molecule has 0 bridgehead atoms. The first-order valence-corrected chi connectivity index (χ1v) is 7.19. The maximum Gasteiger partial charge on any atom is 0.416 e. The lowest BCUT2D eigenvalue weighted by atomic mass is 9.94. The summed E-state index contributed by atoms with van der Waals surface area (Å²) in [5.41, 5.74) is 0.0295. The lowest BCUT2D eigenvalue weighted by molar-refractivity contribution is -0.137. The van der Waals surface area contributed by atoms with E-state index in [0.717, 1.165) is 23.4 Å². The largest absolute Gasteiger partial charge is 0.416 e. The molecule has 0 saturated heterocycles. The first-order chi connectivity index (χ1) is 10.6. The van der Waals surface area contributed by atoms with Crippen molar-refractivity contribution in [3.05, 3.63) is 52.8 Å². The van der Waals surface area contributed by atoms with Crippen LogP contribution in [0.1, 0.15) is 29.3 Å². The normalized spacial score (nSPS) is 14.7. The highest BCUT2D eigenvalue weighted by atomic mass is 19.4. The Morgan fingerprint density at radius 2 is 1.91 bits per heavy atom. The third-order valence-electron chi connectivity index (χ3n) is 3.93. The summed E-state index contributed by atoms with van der Waals surface area (Å²) in [6.07, 6.45) is -2.70. The molecular formula is C16H20F3N3O. The average molecular weight is 327 g/mol. The summed E-state index contributed by atoms with van der Waals surface area (Å²) >= 11 is 0. The maximum atomic E-state index is 12.8. The third-order valence-corrected chi connectivity index (χ3v) is 3.93. The molecule has 1 unspecified atom stereocenters. The molecule has 0 saturated carbocycles. The fourth-order valence-electron chi connectivity index (χ4n) is 2.29. The molecule has 4 nitrogen and oxygen atoms in total. The van der Waals surface area contributed by atoms with Crippen LogP contribution >= 0.6 is 0 Å². The van der Waals surface area contributed by atoms with Gasteiger partial charge in [0.05, 0.1) is 17.4 Å². The number of benzene rings is 1. The number of aryl methyl sites for hydroxylation is 1. The van der Waals surface area contributed by atoms with E-state index in [1.54, 1.807) is 10.9 Å². The smallest absolute Gasteiger partial charge is 0.384 e. The van der Waals surface area contributed by atoms with Gasteiger partial charge < -0.3 is 10.4 Å². The van der Waals surface area contributed by atoms with Crippen LogP contribution in [-0.4, -0.2) is 21.4 Å². The Morgan fingerprint density at radius 1 is 1.26 bits per heavy atom. The van der Waals surface area contributed by atoms with E-state index in [1.807, 2.05) is 14.0 Å². The van der Waals surface area contributed by atoms with Crippen LogP contribution in [0.25, 0.3) is 0 Å². The summed E-state index contributed by atoms with van der Waals surface area (Å²) in [5.74, 6) is 0. The second kappa shape index (κ2) is 6.33. The van der Waals surface area contributed by atoms with Crippen molar-refractivity contribution in [2.24, 2.45) is 7.05 Å². The molecule has 1 aromatic heterocycles. The summed E-state index contributed by atoms with van der Waals surface area (Å²) in [6.45, 7) is 4.03. The number of rotatable bonds is 5. The van der Waals surface area contributed by atoms with Crippen molar-refractivity contribution in [3.63, 3.8) is 0 Å². The minimum Gasteiger partial charge on any atom is -0.384 e. The van der Waals surface area contributed by atoms with Gasteiger partial charge in [-0.1, -0.05) is 12.1 Å². The van der Waals surface area contributed by atoms with Crippen LogP contribution in [0.5, 0.6) is 0 Å². The van der Waals surface area contributed by atoms with E-state index >= 15 is 0 Å². The van der Waals surface area contributed by atoms with E-state index in [1.165, 1.54) is 19.1 Å². The zero-order valence-electron chi connectivity index (χ0n) is 13.3. The zero-order chi connectivity index (χ0) is 17.3. The highest BCUT2D eigenvalue weighted by molar-refractivity contribution is 5.30. The van der Waals surface area contributed by atoms with Gasteiger partial charge in [0.2, 0.25) is 0 Å². The van der Waals surface area contributed by atoms with Crippen molar-refractivity contribution in [1.82, 2.24) is 15.1 Å². The van der Waals surface area contributed by atoms with Gasteiger partial charge in [0.25, 0.3) is 0 Å². The van der Waals surface area contributed by atoms with E-state index in [2.05, 4.69) is 10.4 Å². The van der Waals surface area contributed by atoms with Crippen LogP contribution in [0.3, 0.4) is 0 Å². The van der Waals surface area contributed by atoms with Crippen molar-refractivity contribution < 1.29 is 18.3 Å². The second-order valence-corrected chi connectivity index (χ2v) is 5.83. The van der Waals surface area contributed by atoms with Gasteiger partial charge in [-0.15, -0.1) is 0 Å². The number of hydrogen-bond donors (Lipinski definition) is 2. The van der Waals surface area contributed by atoms with E-state index in [4.69, 9.17) is 0 Å². The number of halogens is 3. The first kappa shape index (κ1) is 17.5. The number of aromatic nitrogens is 2. The molecule has 0 fully saturated rings. The van der Waals surface area contributed by atoms with Crippen molar-refractivity contribution in [2.45, 2.75) is 32.2 Å². The van der Waals surface area contributed by atoms with Crippen LogP contribution in [0.15, 0.2) is 30.5 Å². The summed E-state index contributed by atoms with van der Waals surface area (Å²) in [6, 6.07) is 4.77. The molecule has 2 N–H and O–H groups in total. The van der Waals surface area contributed by atoms with Crippen LogP contribution in [0.4, 0.5) is 13.2 Å². The fourth-order valence-corrected chi connectivity index (χ4v) is 2.29. The van der Waals surface area contributed by atoms with E-state index in [0.29, 0.717) is 6.54 Å². The predicted octanol–water partition coefficient (Wildman–Crippen LogP) is 2.74. The molecular weight excluding hydrogens is 307 g/mol. The molecule has 1 aromatic carbocycles. The Kier molecular flexibility index (Phi) is 4.81. The Balaban J connectivity index is 2.05. The quantitative estimate of drug-likeness (QED) is 0.888. The molecule has 1 atom stereocenters. The van der Waals surface area contributed by atoms with Gasteiger partial charge >= 0.3 is 6.18 Å². The molecule has 126 valence electrons. The first-order valence-electron chi connectivity index (χ1n) is 7.19. The molecule has 0 radical (unpaired) electrons. The Morgan fingerprint density at radius 3 is 2.48 bits per heavy atom. The van der Waals surface area contributed by atoms with Gasteiger partial charge in [0.15, 0.2) is 0 Å². The van der Waals surface area contributed by atoms with E-state index in [9.17, 15) is 18.3 Å². The molecule has 0 amide bonds. The molecule has 2 aromatic rings. The van der Waals surface area contributed by atoms with Crippen LogP contribution < -0.4 is 5.32 Å². The molecule has 0 aliphatic rings. The zero-order valence-corrected chi connectivity index (χ0v) is 13.3. The Labute approximate surface area is 132 Å². The summed E-state index contributed by atoms with van der Waals surface area (Å²) in [4.78, 5) is 0. The molecule has 2 rings (SSSR count). The molecule has 0 aliphatic carbocycles. The lowest BCUT2D eigenvalue weighted by Crippen LogP contribution is -2.35. The van der Waals surface area contributed by atoms with E-state index in [-0.39, 0.29) is 12.1 Å². The van der Waals surface area contributed by atoms with Gasteiger partial charge in [-0.2, -0.15) is 18.3 Å². The molecule has 0 spiro atoms. The highest BCUT2D eigenvalue weighted by Gasteiger charge is 2.32. The summed E-state index contributed by atoms with van der Waals surface area (Å²) < 4.78 is 40.0. The number of aliphatic hydroxyl groups is 1. The maximum absolute atomic E-state index is 12.8. The van der Waals surface area contributed by atoms with Crippen LogP contribution in [-0.2, 0) is 25.4 Å². The van der Waals surface area contributed by atoms with Crippen molar-refractivity contribution >= 4 is 0 Å². The minimum atomic E-state index is -4.42. The SMILES string of the molecule is Cc1c(CNCC(C)(O)c2cccc(C(F)(F)F)c2)cnn1C. The van der Waals surface area contributed by atoms with Crippen molar-refractivity contribution in [3.8, 4) is 0 Å². The number of hydrogen-bond acceptors (Lipinski definition) is 3. The lowest BCUT2D eigenvalue weighted by Gasteiger charge is -2.25. The number of alkyl halides is 3. The van der Waals surface area contributed by atoms with Crippen LogP contribution in [0, 0.1) is 6.92 Å². The Hall–Kier alpha value is -1.86. The van der Waals surface area contributed by atoms with Gasteiger partial charge in [0, 0.05) is 31.4 Å². The third kappa shape index (κ3) is 4.11.